The van der Waals surface area contributed by atoms with Crippen LogP contribution in [0.2, 0.25) is 0 Å². The zero-order valence-corrected chi connectivity index (χ0v) is 17.6. The van der Waals surface area contributed by atoms with Crippen LogP contribution in [-0.2, 0) is 14.3 Å². The standard InChI is InChI=1S/C26H14Cl2O3/c27-25-21-17-9-13-5-1-2-6-14(13)10-18(17)22(26(25,28)24(30)31-23(25)29)20-12-16-8-4-3-7-15(16)11-19(20)21/h1-12,21-22H. The van der Waals surface area contributed by atoms with Gasteiger partial charge in [0.05, 0.1) is 0 Å². The third-order valence-electron chi connectivity index (χ3n) is 7.25. The number of halogens is 2. The maximum Gasteiger partial charge on any atom is 0.338 e. The molecule has 150 valence electrons. The second-order valence-corrected chi connectivity index (χ2v) is 9.82. The first kappa shape index (κ1) is 17.8. The number of rotatable bonds is 0. The molecule has 3 nitrogen and oxygen atoms in total. The van der Waals surface area contributed by atoms with E-state index in [0.29, 0.717) is 0 Å². The fourth-order valence-electron chi connectivity index (χ4n) is 5.93. The van der Waals surface area contributed by atoms with Crippen LogP contribution < -0.4 is 0 Å². The Bertz CT molecular complexity index is 1310. The third kappa shape index (κ3) is 1.85. The predicted molar refractivity (Wildman–Crippen MR) is 120 cm³/mol. The molecule has 31 heavy (non-hydrogen) atoms. The monoisotopic (exact) mass is 444 g/mol. The Hall–Kier alpha value is -2.88. The molecule has 1 heterocycles. The van der Waals surface area contributed by atoms with Gasteiger partial charge >= 0.3 is 11.9 Å². The van der Waals surface area contributed by atoms with Crippen molar-refractivity contribution < 1.29 is 14.3 Å². The largest absolute Gasteiger partial charge is 0.390 e. The van der Waals surface area contributed by atoms with Gasteiger partial charge in [0.15, 0.2) is 9.75 Å². The molecule has 4 aromatic carbocycles. The van der Waals surface area contributed by atoms with Gasteiger partial charge in [-0.15, -0.1) is 23.2 Å². The molecule has 4 aromatic rings. The van der Waals surface area contributed by atoms with E-state index >= 15 is 0 Å². The molecule has 8 rings (SSSR count). The van der Waals surface area contributed by atoms with Gasteiger partial charge in [0, 0.05) is 11.8 Å². The van der Waals surface area contributed by atoms with Crippen LogP contribution >= 0.6 is 23.2 Å². The fourth-order valence-corrected chi connectivity index (χ4v) is 6.85. The van der Waals surface area contributed by atoms with E-state index in [4.69, 9.17) is 27.9 Å². The Kier molecular flexibility index (Phi) is 3.14. The third-order valence-corrected chi connectivity index (χ3v) is 8.69. The maximum absolute atomic E-state index is 13.0. The van der Waals surface area contributed by atoms with E-state index in [1.54, 1.807) is 0 Å². The molecule has 5 heteroatoms. The quantitative estimate of drug-likeness (QED) is 0.200. The second-order valence-electron chi connectivity index (χ2n) is 8.62. The van der Waals surface area contributed by atoms with Crippen LogP contribution in [0.25, 0.3) is 21.5 Å². The van der Waals surface area contributed by atoms with Crippen molar-refractivity contribution >= 4 is 56.7 Å². The molecule has 0 N–H and O–H groups in total. The van der Waals surface area contributed by atoms with E-state index < -0.39 is 33.5 Å². The van der Waals surface area contributed by atoms with Gasteiger partial charge in [-0.3, -0.25) is 0 Å². The minimum Gasteiger partial charge on any atom is -0.390 e. The second kappa shape index (κ2) is 5.48. The van der Waals surface area contributed by atoms with Crippen molar-refractivity contribution in [1.82, 2.24) is 0 Å². The summed E-state index contributed by atoms with van der Waals surface area (Å²) in [6.45, 7) is 0. The molecule has 0 aromatic heterocycles. The summed E-state index contributed by atoms with van der Waals surface area (Å²) in [5.74, 6) is -2.70. The van der Waals surface area contributed by atoms with Crippen molar-refractivity contribution in [3.63, 3.8) is 0 Å². The van der Waals surface area contributed by atoms with E-state index in [-0.39, 0.29) is 0 Å². The lowest BCUT2D eigenvalue weighted by atomic mass is 9.53. The van der Waals surface area contributed by atoms with Crippen LogP contribution in [0.3, 0.4) is 0 Å². The summed E-state index contributed by atoms with van der Waals surface area (Å²) < 4.78 is 5.11. The van der Waals surface area contributed by atoms with Gasteiger partial charge in [-0.1, -0.05) is 72.8 Å². The molecule has 0 radical (unpaired) electrons. The van der Waals surface area contributed by atoms with Gasteiger partial charge in [0.2, 0.25) is 0 Å². The van der Waals surface area contributed by atoms with Crippen LogP contribution in [0, 0.1) is 0 Å². The summed E-state index contributed by atoms with van der Waals surface area (Å²) in [4.78, 5) is 22.7. The van der Waals surface area contributed by atoms with Crippen LogP contribution in [0.4, 0.5) is 0 Å². The van der Waals surface area contributed by atoms with Crippen LogP contribution in [0.1, 0.15) is 34.1 Å². The Morgan fingerprint density at radius 3 is 1.16 bits per heavy atom. The van der Waals surface area contributed by atoms with E-state index in [2.05, 4.69) is 24.3 Å². The molecule has 0 saturated carbocycles. The molecule has 0 amide bonds. The van der Waals surface area contributed by atoms with Gasteiger partial charge in [-0.05, 0) is 43.8 Å². The van der Waals surface area contributed by atoms with Gasteiger partial charge in [0.1, 0.15) is 0 Å². The summed E-state index contributed by atoms with van der Waals surface area (Å²) in [5, 5.41) is 4.20. The molecular weight excluding hydrogens is 431 g/mol. The average Bonchev–Trinajstić information content (AvgIpc) is 2.96. The molecule has 2 atom stereocenters. The van der Waals surface area contributed by atoms with E-state index in [0.717, 1.165) is 43.8 Å². The Balaban J connectivity index is 1.67. The van der Waals surface area contributed by atoms with Crippen molar-refractivity contribution in [2.24, 2.45) is 0 Å². The molecule has 3 aliphatic carbocycles. The normalized spacial score (nSPS) is 30.3. The van der Waals surface area contributed by atoms with Crippen molar-refractivity contribution in [2.45, 2.75) is 21.6 Å². The predicted octanol–water partition coefficient (Wildman–Crippen LogP) is 5.62. The zero-order valence-electron chi connectivity index (χ0n) is 16.1. The first-order valence-corrected chi connectivity index (χ1v) is 10.9. The lowest BCUT2D eigenvalue weighted by Gasteiger charge is -2.53. The number of benzene rings is 4. The Morgan fingerprint density at radius 1 is 0.581 bits per heavy atom. The lowest BCUT2D eigenvalue weighted by molar-refractivity contribution is -0.153. The molecule has 1 saturated heterocycles. The molecule has 2 bridgehead atoms. The number of carbonyl (C=O) groups is 2. The highest BCUT2D eigenvalue weighted by Crippen LogP contribution is 2.69. The summed E-state index contributed by atoms with van der Waals surface area (Å²) in [7, 11) is 0. The highest BCUT2D eigenvalue weighted by atomic mass is 35.5. The number of fused-ring (bicyclic) bond motifs is 2. The van der Waals surface area contributed by atoms with Gasteiger partial charge in [-0.2, -0.15) is 0 Å². The van der Waals surface area contributed by atoms with Crippen LogP contribution in [0.15, 0.2) is 72.8 Å². The summed E-state index contributed by atoms with van der Waals surface area (Å²) in [5.41, 5.74) is 3.74. The first-order valence-electron chi connectivity index (χ1n) is 10.1. The summed E-state index contributed by atoms with van der Waals surface area (Å²) >= 11 is 14.2. The molecule has 0 spiro atoms. The minimum atomic E-state index is -1.69. The number of hydrogen-bond acceptors (Lipinski definition) is 3. The number of hydrogen-bond donors (Lipinski definition) is 0. The van der Waals surface area contributed by atoms with Crippen LogP contribution in [0.5, 0.6) is 0 Å². The number of esters is 2. The highest BCUT2D eigenvalue weighted by Gasteiger charge is 2.79. The fraction of sp³-hybridized carbons (Fsp3) is 0.154. The molecule has 1 aliphatic heterocycles. The Morgan fingerprint density at radius 2 is 0.871 bits per heavy atom. The van der Waals surface area contributed by atoms with Crippen molar-refractivity contribution in [3.05, 3.63) is 95.1 Å². The number of alkyl halides is 2. The number of ether oxygens (including phenoxy) is 1. The first-order chi connectivity index (χ1) is 14.9. The van der Waals surface area contributed by atoms with Crippen molar-refractivity contribution in [1.29, 1.82) is 0 Å². The number of cyclic esters (lactones) is 2. The van der Waals surface area contributed by atoms with Crippen molar-refractivity contribution in [3.8, 4) is 0 Å². The van der Waals surface area contributed by atoms with E-state index in [1.165, 1.54) is 0 Å². The summed E-state index contributed by atoms with van der Waals surface area (Å²) in [6, 6.07) is 24.4. The molecule has 4 aliphatic rings. The maximum atomic E-state index is 13.0. The lowest BCUT2D eigenvalue weighted by Crippen LogP contribution is -2.62. The highest BCUT2D eigenvalue weighted by molar-refractivity contribution is 6.53. The summed E-state index contributed by atoms with van der Waals surface area (Å²) in [6.07, 6.45) is 0. The Labute approximate surface area is 187 Å². The molecule has 2 unspecified atom stereocenters. The number of carbonyl (C=O) groups excluding carboxylic acids is 2. The van der Waals surface area contributed by atoms with Gasteiger partial charge < -0.3 is 4.74 Å². The van der Waals surface area contributed by atoms with Gasteiger partial charge in [0.25, 0.3) is 0 Å². The van der Waals surface area contributed by atoms with E-state index in [9.17, 15) is 9.59 Å². The van der Waals surface area contributed by atoms with E-state index in [1.807, 2.05) is 48.5 Å². The average molecular weight is 445 g/mol. The van der Waals surface area contributed by atoms with Gasteiger partial charge in [-0.25, -0.2) is 9.59 Å². The zero-order chi connectivity index (χ0) is 21.1. The molecule has 1 fully saturated rings. The topological polar surface area (TPSA) is 43.4 Å². The van der Waals surface area contributed by atoms with Crippen molar-refractivity contribution in [2.75, 3.05) is 0 Å². The smallest absolute Gasteiger partial charge is 0.338 e. The minimum absolute atomic E-state index is 0.588. The molecular formula is C26H14Cl2O3. The van der Waals surface area contributed by atoms with Crippen LogP contribution in [-0.4, -0.2) is 21.7 Å². The SMILES string of the molecule is O=C1OC(=O)C2(Cl)C3c4cc5ccccc5cc4C(c4cc5ccccc5cc43)C12Cl.